The molecule has 0 aliphatic heterocycles. The lowest BCUT2D eigenvalue weighted by Crippen LogP contribution is -2.12. The van der Waals surface area contributed by atoms with Crippen LogP contribution in [0.1, 0.15) is 22.8 Å². The maximum atomic E-state index is 13.1. The fourth-order valence-corrected chi connectivity index (χ4v) is 4.98. The number of nitrogens with one attached hydrogen (secondary N) is 1. The van der Waals surface area contributed by atoms with Crippen molar-refractivity contribution in [3.8, 4) is 11.5 Å². The van der Waals surface area contributed by atoms with E-state index in [-0.39, 0.29) is 38.8 Å². The van der Waals surface area contributed by atoms with E-state index in [9.17, 15) is 22.9 Å². The van der Waals surface area contributed by atoms with Crippen LogP contribution in [0.5, 0.6) is 11.5 Å². The number of hydrogen-bond acceptors (Lipinski definition) is 7. The standard InChI is InChI=1S/C26H22ClN3O6S/c1-3-19-22(12-16(27)13-23(19)37(33,34)35)29-30-24-20-10-5-4-7-15(20)11-21(25(24)31)26(32)28-17-8-6-9-18(14-17)36-2/h4-14,31H,3H2,1-2H3,(H,28,32)(H,33,34,35). The van der Waals surface area contributed by atoms with Gasteiger partial charge in [-0.2, -0.15) is 13.5 Å². The van der Waals surface area contributed by atoms with Gasteiger partial charge in [-0.25, -0.2) is 0 Å². The molecule has 0 atom stereocenters. The molecule has 37 heavy (non-hydrogen) atoms. The van der Waals surface area contributed by atoms with Crippen LogP contribution in [-0.2, 0) is 16.5 Å². The number of carbonyl (C=O) groups is 1. The number of hydrogen-bond donors (Lipinski definition) is 3. The second-order valence-electron chi connectivity index (χ2n) is 7.96. The minimum Gasteiger partial charge on any atom is -0.505 e. The van der Waals surface area contributed by atoms with Crippen LogP contribution >= 0.6 is 11.6 Å². The summed E-state index contributed by atoms with van der Waals surface area (Å²) in [5.41, 5.74) is 0.716. The number of phenols is 1. The van der Waals surface area contributed by atoms with E-state index in [2.05, 4.69) is 15.5 Å². The Bertz CT molecular complexity index is 1650. The molecule has 0 spiro atoms. The molecule has 4 rings (SSSR count). The molecule has 1 amide bonds. The molecule has 0 heterocycles. The SMILES string of the molecule is CCc1c(N=Nc2c(O)c(C(=O)Nc3cccc(OC)c3)cc3ccccc23)cc(Cl)cc1S(=O)(=O)O. The molecule has 0 unspecified atom stereocenters. The van der Waals surface area contributed by atoms with Crippen LogP contribution in [0.25, 0.3) is 10.8 Å². The number of fused-ring (bicyclic) bond motifs is 1. The van der Waals surface area contributed by atoms with Crippen molar-refractivity contribution < 1.29 is 27.6 Å². The fraction of sp³-hybridized carbons (Fsp3) is 0.115. The van der Waals surface area contributed by atoms with E-state index in [0.717, 1.165) is 6.07 Å². The number of amides is 1. The molecule has 0 aromatic heterocycles. The third-order valence-corrected chi connectivity index (χ3v) is 6.75. The Kier molecular flexibility index (Phi) is 7.44. The summed E-state index contributed by atoms with van der Waals surface area (Å²) in [6, 6.07) is 17.8. The summed E-state index contributed by atoms with van der Waals surface area (Å²) in [5.74, 6) is -0.455. The Morgan fingerprint density at radius 2 is 1.81 bits per heavy atom. The topological polar surface area (TPSA) is 138 Å². The molecular formula is C26H22ClN3O6S. The van der Waals surface area contributed by atoms with Gasteiger partial charge in [0, 0.05) is 27.7 Å². The summed E-state index contributed by atoms with van der Waals surface area (Å²) in [5, 5.41) is 23.3. The van der Waals surface area contributed by atoms with Crippen molar-refractivity contribution in [3.63, 3.8) is 0 Å². The lowest BCUT2D eigenvalue weighted by atomic mass is 10.0. The zero-order valence-electron chi connectivity index (χ0n) is 19.8. The largest absolute Gasteiger partial charge is 0.505 e. The maximum absolute atomic E-state index is 13.1. The normalized spacial score (nSPS) is 11.7. The summed E-state index contributed by atoms with van der Waals surface area (Å²) in [6.45, 7) is 1.69. The monoisotopic (exact) mass is 539 g/mol. The minimum atomic E-state index is -4.57. The predicted molar refractivity (Wildman–Crippen MR) is 141 cm³/mol. The number of benzene rings is 4. The third-order valence-electron chi connectivity index (χ3n) is 5.61. The maximum Gasteiger partial charge on any atom is 0.294 e. The van der Waals surface area contributed by atoms with Crippen LogP contribution in [0.2, 0.25) is 5.02 Å². The molecule has 0 fully saturated rings. The molecule has 0 bridgehead atoms. The quantitative estimate of drug-likeness (QED) is 0.177. The zero-order chi connectivity index (χ0) is 26.7. The second kappa shape index (κ2) is 10.6. The molecule has 0 saturated carbocycles. The number of aromatic hydroxyl groups is 1. The van der Waals surface area contributed by atoms with Gasteiger partial charge in [0.05, 0.1) is 18.4 Å². The average Bonchev–Trinajstić information content (AvgIpc) is 2.87. The van der Waals surface area contributed by atoms with Crippen LogP contribution in [0.15, 0.2) is 81.9 Å². The van der Waals surface area contributed by atoms with Crippen LogP contribution < -0.4 is 10.1 Å². The molecule has 11 heteroatoms. The highest BCUT2D eigenvalue weighted by Gasteiger charge is 2.21. The first kappa shape index (κ1) is 26.1. The number of nitrogens with zero attached hydrogens (tertiary/aromatic N) is 2. The summed E-state index contributed by atoms with van der Waals surface area (Å²) in [6.07, 6.45) is 0.205. The smallest absolute Gasteiger partial charge is 0.294 e. The van der Waals surface area contributed by atoms with Gasteiger partial charge in [-0.05, 0) is 42.1 Å². The summed E-state index contributed by atoms with van der Waals surface area (Å²) < 4.78 is 38.5. The van der Waals surface area contributed by atoms with Gasteiger partial charge in [0.2, 0.25) is 0 Å². The van der Waals surface area contributed by atoms with E-state index in [1.54, 1.807) is 55.5 Å². The molecule has 9 nitrogen and oxygen atoms in total. The van der Waals surface area contributed by atoms with Crippen molar-refractivity contribution in [3.05, 3.63) is 82.9 Å². The second-order valence-corrected chi connectivity index (χ2v) is 9.79. The highest BCUT2D eigenvalue weighted by atomic mass is 35.5. The molecule has 0 aliphatic rings. The van der Waals surface area contributed by atoms with Gasteiger partial charge in [0.15, 0.2) is 5.75 Å². The number of azo groups is 1. The number of rotatable bonds is 7. The Balaban J connectivity index is 1.83. The van der Waals surface area contributed by atoms with E-state index < -0.39 is 21.8 Å². The lowest BCUT2D eigenvalue weighted by Gasteiger charge is -2.12. The molecular weight excluding hydrogens is 518 g/mol. The van der Waals surface area contributed by atoms with Crippen LogP contribution in [0.4, 0.5) is 17.1 Å². The molecule has 4 aromatic rings. The van der Waals surface area contributed by atoms with Gasteiger partial charge in [0.1, 0.15) is 16.3 Å². The number of carbonyl (C=O) groups excluding carboxylic acids is 1. The number of halogens is 1. The van der Waals surface area contributed by atoms with Crippen molar-refractivity contribution >= 4 is 55.5 Å². The Hall–Kier alpha value is -3.99. The fourth-order valence-electron chi connectivity index (χ4n) is 3.87. The Morgan fingerprint density at radius 3 is 2.51 bits per heavy atom. The van der Waals surface area contributed by atoms with Gasteiger partial charge >= 0.3 is 0 Å². The molecule has 3 N–H and O–H groups in total. The summed E-state index contributed by atoms with van der Waals surface area (Å²) in [4.78, 5) is 12.7. The highest BCUT2D eigenvalue weighted by Crippen LogP contribution is 2.41. The van der Waals surface area contributed by atoms with Crippen LogP contribution in [-0.4, -0.2) is 31.1 Å². The van der Waals surface area contributed by atoms with E-state index in [0.29, 0.717) is 22.2 Å². The average molecular weight is 540 g/mol. The first-order chi connectivity index (χ1) is 17.6. The van der Waals surface area contributed by atoms with Crippen molar-refractivity contribution in [2.24, 2.45) is 10.2 Å². The van der Waals surface area contributed by atoms with Gasteiger partial charge in [-0.15, -0.1) is 5.11 Å². The lowest BCUT2D eigenvalue weighted by molar-refractivity contribution is 0.102. The molecule has 0 saturated heterocycles. The summed E-state index contributed by atoms with van der Waals surface area (Å²) >= 11 is 6.07. The number of anilines is 1. The van der Waals surface area contributed by atoms with Crippen molar-refractivity contribution in [1.82, 2.24) is 0 Å². The van der Waals surface area contributed by atoms with Gasteiger partial charge in [-0.3, -0.25) is 9.35 Å². The highest BCUT2D eigenvalue weighted by molar-refractivity contribution is 7.85. The number of ether oxygens (including phenoxy) is 1. The van der Waals surface area contributed by atoms with E-state index in [1.165, 1.54) is 19.2 Å². The molecule has 4 aromatic carbocycles. The number of methoxy groups -OCH3 is 1. The molecule has 0 radical (unpaired) electrons. The Morgan fingerprint density at radius 1 is 1.05 bits per heavy atom. The third kappa shape index (κ3) is 5.56. The van der Waals surface area contributed by atoms with Crippen molar-refractivity contribution in [2.45, 2.75) is 18.2 Å². The molecule has 0 aliphatic carbocycles. The molecule has 190 valence electrons. The van der Waals surface area contributed by atoms with Gasteiger partial charge in [-0.1, -0.05) is 48.9 Å². The van der Waals surface area contributed by atoms with Crippen molar-refractivity contribution in [2.75, 3.05) is 12.4 Å². The van der Waals surface area contributed by atoms with Crippen molar-refractivity contribution in [1.29, 1.82) is 0 Å². The number of phenolic OH excluding ortho intramolecular Hbond substituents is 1. The summed E-state index contributed by atoms with van der Waals surface area (Å²) in [7, 11) is -3.06. The van der Waals surface area contributed by atoms with E-state index >= 15 is 0 Å². The van der Waals surface area contributed by atoms with E-state index in [1.807, 2.05) is 0 Å². The van der Waals surface area contributed by atoms with E-state index in [4.69, 9.17) is 16.3 Å². The van der Waals surface area contributed by atoms with Gasteiger partial charge < -0.3 is 15.2 Å². The first-order valence-corrected chi connectivity index (χ1v) is 12.9. The zero-order valence-corrected chi connectivity index (χ0v) is 21.3. The predicted octanol–water partition coefficient (Wildman–Crippen LogP) is 6.68. The van der Waals surface area contributed by atoms with Crippen LogP contribution in [0.3, 0.4) is 0 Å². The minimum absolute atomic E-state index is 0.00401. The first-order valence-electron chi connectivity index (χ1n) is 11.0. The Labute approximate surface area is 218 Å². The van der Waals surface area contributed by atoms with Crippen LogP contribution in [0, 0.1) is 0 Å². The van der Waals surface area contributed by atoms with Gasteiger partial charge in [0.25, 0.3) is 16.0 Å².